The van der Waals surface area contributed by atoms with Crippen molar-refractivity contribution in [2.24, 2.45) is 0 Å². The zero-order valence-electron chi connectivity index (χ0n) is 10.2. The maximum atomic E-state index is 12.0. The first-order valence-electron chi connectivity index (χ1n) is 5.72. The third-order valence-electron chi connectivity index (χ3n) is 2.96. The Morgan fingerprint density at radius 1 is 1.53 bits per heavy atom. The van der Waals surface area contributed by atoms with Crippen LogP contribution in [0.2, 0.25) is 5.15 Å². The van der Waals surface area contributed by atoms with E-state index in [1.54, 1.807) is 6.07 Å². The average Bonchev–Trinajstić information content (AvgIpc) is 2.40. The molecule has 1 saturated heterocycles. The maximum Gasteiger partial charge on any atom is 0.255 e. The van der Waals surface area contributed by atoms with Gasteiger partial charge in [0.15, 0.2) is 0 Å². The molecule has 100 valence electrons. The number of likely N-dealkylation sites (tertiary alicyclic amines) is 1. The highest BCUT2D eigenvalue weighted by Gasteiger charge is 2.33. The van der Waals surface area contributed by atoms with Crippen LogP contribution < -0.4 is 5.32 Å². The van der Waals surface area contributed by atoms with Crippen molar-refractivity contribution < 1.29 is 14.4 Å². The van der Waals surface area contributed by atoms with Crippen LogP contribution in [0, 0.1) is 0 Å². The number of likely N-dealkylation sites (N-methyl/N-ethyl adjacent to an activating group) is 1. The van der Waals surface area contributed by atoms with Gasteiger partial charge in [-0.1, -0.05) is 11.6 Å². The summed E-state index contributed by atoms with van der Waals surface area (Å²) in [4.78, 5) is 39.9. The van der Waals surface area contributed by atoms with E-state index in [1.165, 1.54) is 19.3 Å². The van der Waals surface area contributed by atoms with Crippen LogP contribution in [0.25, 0.3) is 0 Å². The van der Waals surface area contributed by atoms with Crippen LogP contribution in [0.1, 0.15) is 23.2 Å². The number of halogens is 1. The van der Waals surface area contributed by atoms with Gasteiger partial charge in [-0.3, -0.25) is 19.3 Å². The quantitative estimate of drug-likeness (QED) is 0.636. The van der Waals surface area contributed by atoms with Gasteiger partial charge in [-0.15, -0.1) is 0 Å². The minimum absolute atomic E-state index is 0.0766. The summed E-state index contributed by atoms with van der Waals surface area (Å²) in [6, 6.07) is 2.40. The highest BCUT2D eigenvalue weighted by molar-refractivity contribution is 6.32. The normalized spacial score (nSPS) is 19.5. The maximum absolute atomic E-state index is 12.0. The Morgan fingerprint density at radius 2 is 2.26 bits per heavy atom. The molecule has 1 aromatic rings. The zero-order valence-corrected chi connectivity index (χ0v) is 11.0. The molecule has 7 heteroatoms. The molecule has 0 aromatic carbocycles. The number of hydrogen-bond donors (Lipinski definition) is 1. The van der Waals surface area contributed by atoms with E-state index in [0.29, 0.717) is 6.42 Å². The van der Waals surface area contributed by atoms with Crippen molar-refractivity contribution in [2.75, 3.05) is 7.05 Å². The number of carbonyl (C=O) groups excluding carboxylic acids is 3. The summed E-state index contributed by atoms with van der Waals surface area (Å²) >= 11 is 5.80. The fourth-order valence-corrected chi connectivity index (χ4v) is 2.05. The van der Waals surface area contributed by atoms with E-state index in [1.807, 2.05) is 0 Å². The second kappa shape index (κ2) is 5.36. The summed E-state index contributed by atoms with van der Waals surface area (Å²) < 4.78 is 0. The van der Waals surface area contributed by atoms with Crippen LogP contribution in [0.3, 0.4) is 0 Å². The molecule has 0 spiro atoms. The molecule has 1 fully saturated rings. The summed E-state index contributed by atoms with van der Waals surface area (Å²) in [5.74, 6) is -1.13. The molecular formula is C12H12ClN3O3. The van der Waals surface area contributed by atoms with E-state index in [4.69, 9.17) is 11.6 Å². The Morgan fingerprint density at radius 3 is 2.95 bits per heavy atom. The number of nitrogens with one attached hydrogen (secondary N) is 1. The van der Waals surface area contributed by atoms with Crippen LogP contribution in [0.5, 0.6) is 0 Å². The lowest BCUT2D eigenvalue weighted by Gasteiger charge is -2.28. The van der Waals surface area contributed by atoms with Gasteiger partial charge in [0.2, 0.25) is 5.91 Å². The SMILES string of the molecule is CN1C(=O)CCC(NC(=O)c2cccnc2Cl)C1=O. The van der Waals surface area contributed by atoms with E-state index in [9.17, 15) is 14.4 Å². The van der Waals surface area contributed by atoms with E-state index in [0.717, 1.165) is 4.90 Å². The third-order valence-corrected chi connectivity index (χ3v) is 3.26. The van der Waals surface area contributed by atoms with Crippen LogP contribution in [0.4, 0.5) is 0 Å². The molecule has 0 saturated carbocycles. The van der Waals surface area contributed by atoms with E-state index >= 15 is 0 Å². The first-order chi connectivity index (χ1) is 9.00. The molecule has 1 aliphatic heterocycles. The van der Waals surface area contributed by atoms with Crippen molar-refractivity contribution in [1.29, 1.82) is 0 Å². The third kappa shape index (κ3) is 2.73. The fourth-order valence-electron chi connectivity index (χ4n) is 1.84. The number of rotatable bonds is 2. The molecule has 1 N–H and O–H groups in total. The van der Waals surface area contributed by atoms with E-state index in [2.05, 4.69) is 10.3 Å². The fraction of sp³-hybridized carbons (Fsp3) is 0.333. The summed E-state index contributed by atoms with van der Waals surface area (Å²) in [5.41, 5.74) is 0.205. The Kier molecular flexibility index (Phi) is 3.80. The number of amides is 3. The number of imide groups is 1. The van der Waals surface area contributed by atoms with E-state index in [-0.39, 0.29) is 23.0 Å². The molecule has 0 bridgehead atoms. The predicted molar refractivity (Wildman–Crippen MR) is 67.5 cm³/mol. The Labute approximate surface area is 114 Å². The molecule has 1 unspecified atom stereocenters. The van der Waals surface area contributed by atoms with Gasteiger partial charge in [-0.2, -0.15) is 0 Å². The largest absolute Gasteiger partial charge is 0.340 e. The Hall–Kier alpha value is -1.95. The van der Waals surface area contributed by atoms with E-state index < -0.39 is 17.9 Å². The number of aromatic nitrogens is 1. The van der Waals surface area contributed by atoms with Gasteiger partial charge in [0.05, 0.1) is 5.56 Å². The summed E-state index contributed by atoms with van der Waals surface area (Å²) in [5, 5.41) is 2.65. The number of carbonyl (C=O) groups is 3. The van der Waals surface area contributed by atoms with Crippen LogP contribution in [-0.4, -0.2) is 40.7 Å². The highest BCUT2D eigenvalue weighted by Crippen LogP contribution is 2.15. The summed E-state index contributed by atoms with van der Waals surface area (Å²) in [6.45, 7) is 0. The Bertz CT molecular complexity index is 547. The monoisotopic (exact) mass is 281 g/mol. The zero-order chi connectivity index (χ0) is 14.0. The lowest BCUT2D eigenvalue weighted by atomic mass is 10.0. The number of hydrogen-bond acceptors (Lipinski definition) is 4. The van der Waals surface area contributed by atoms with Crippen LogP contribution in [-0.2, 0) is 9.59 Å². The van der Waals surface area contributed by atoms with Gasteiger partial charge in [0.1, 0.15) is 11.2 Å². The first-order valence-corrected chi connectivity index (χ1v) is 6.10. The minimum Gasteiger partial charge on any atom is -0.340 e. The van der Waals surface area contributed by atoms with Gasteiger partial charge < -0.3 is 5.32 Å². The summed E-state index contributed by atoms with van der Waals surface area (Å²) in [6.07, 6.45) is 2.00. The van der Waals surface area contributed by atoms with Gasteiger partial charge in [-0.05, 0) is 18.6 Å². The summed E-state index contributed by atoms with van der Waals surface area (Å²) in [7, 11) is 1.40. The Balaban J connectivity index is 2.10. The number of nitrogens with zero attached hydrogens (tertiary/aromatic N) is 2. The molecule has 2 rings (SSSR count). The van der Waals surface area contributed by atoms with Gasteiger partial charge in [0.25, 0.3) is 11.8 Å². The molecule has 1 aromatic heterocycles. The number of piperidine rings is 1. The highest BCUT2D eigenvalue weighted by atomic mass is 35.5. The van der Waals surface area contributed by atoms with Crippen LogP contribution in [0.15, 0.2) is 18.3 Å². The smallest absolute Gasteiger partial charge is 0.255 e. The van der Waals surface area contributed by atoms with Gasteiger partial charge in [0, 0.05) is 19.7 Å². The van der Waals surface area contributed by atoms with Crippen molar-refractivity contribution >= 4 is 29.3 Å². The molecule has 19 heavy (non-hydrogen) atoms. The lowest BCUT2D eigenvalue weighted by Crippen LogP contribution is -2.52. The van der Waals surface area contributed by atoms with Gasteiger partial charge >= 0.3 is 0 Å². The second-order valence-electron chi connectivity index (χ2n) is 4.20. The molecule has 1 aliphatic rings. The van der Waals surface area contributed by atoms with Crippen molar-refractivity contribution in [3.05, 3.63) is 29.0 Å². The molecule has 6 nitrogen and oxygen atoms in total. The molecule has 0 aliphatic carbocycles. The topological polar surface area (TPSA) is 79.4 Å². The van der Waals surface area contributed by atoms with Crippen molar-refractivity contribution in [1.82, 2.24) is 15.2 Å². The minimum atomic E-state index is -0.702. The molecule has 2 heterocycles. The molecular weight excluding hydrogens is 270 g/mol. The first kappa shape index (κ1) is 13.5. The van der Waals surface area contributed by atoms with Crippen molar-refractivity contribution in [3.63, 3.8) is 0 Å². The molecule has 1 atom stereocenters. The standard InChI is InChI=1S/C12H12ClN3O3/c1-16-9(17)5-4-8(12(16)19)15-11(18)7-3-2-6-14-10(7)13/h2-3,6,8H,4-5H2,1H3,(H,15,18). The second-order valence-corrected chi connectivity index (χ2v) is 4.56. The van der Waals surface area contributed by atoms with Gasteiger partial charge in [-0.25, -0.2) is 4.98 Å². The molecule has 0 radical (unpaired) electrons. The van der Waals surface area contributed by atoms with Crippen molar-refractivity contribution in [2.45, 2.75) is 18.9 Å². The number of pyridine rings is 1. The average molecular weight is 282 g/mol. The molecule has 3 amide bonds. The lowest BCUT2D eigenvalue weighted by molar-refractivity contribution is -0.147. The van der Waals surface area contributed by atoms with Crippen molar-refractivity contribution in [3.8, 4) is 0 Å². The predicted octanol–water partition coefficient (Wildman–Crippen LogP) is 0.612. The van der Waals surface area contributed by atoms with Crippen LogP contribution >= 0.6 is 11.6 Å².